The zero-order chi connectivity index (χ0) is 14.5. The zero-order valence-corrected chi connectivity index (χ0v) is 14.0. The highest BCUT2D eigenvalue weighted by Gasteiger charge is 2.19. The summed E-state index contributed by atoms with van der Waals surface area (Å²) >= 11 is 11.8. The lowest BCUT2D eigenvalue weighted by atomic mass is 10.2. The average molecular weight is 354 g/mol. The van der Waals surface area contributed by atoms with Gasteiger partial charge < -0.3 is 15.4 Å². The Morgan fingerprint density at radius 2 is 2.29 bits per heavy atom. The maximum Gasteiger partial charge on any atom is 0.260 e. The van der Waals surface area contributed by atoms with Crippen LogP contribution in [-0.2, 0) is 4.79 Å². The Morgan fingerprint density at radius 1 is 1.52 bits per heavy atom. The van der Waals surface area contributed by atoms with Crippen molar-refractivity contribution in [2.75, 3.05) is 13.1 Å². The molecule has 7 heteroatoms. The molecule has 0 aromatic heterocycles. The summed E-state index contributed by atoms with van der Waals surface area (Å²) in [6.07, 6.45) is 1.65. The van der Waals surface area contributed by atoms with Gasteiger partial charge in [-0.1, -0.05) is 23.2 Å². The third-order valence-electron chi connectivity index (χ3n) is 3.25. The van der Waals surface area contributed by atoms with E-state index in [2.05, 4.69) is 10.6 Å². The van der Waals surface area contributed by atoms with Gasteiger partial charge in [0.1, 0.15) is 5.75 Å². The molecule has 118 valence electrons. The highest BCUT2D eigenvalue weighted by molar-refractivity contribution is 6.35. The van der Waals surface area contributed by atoms with Gasteiger partial charge in [0.2, 0.25) is 0 Å². The predicted octanol–water partition coefficient (Wildman–Crippen LogP) is 3.05. The van der Waals surface area contributed by atoms with Crippen molar-refractivity contribution >= 4 is 41.5 Å². The third-order valence-corrected chi connectivity index (χ3v) is 3.78. The fourth-order valence-electron chi connectivity index (χ4n) is 2.11. The number of nitrogens with one attached hydrogen (secondary N) is 2. The Morgan fingerprint density at radius 3 is 2.90 bits per heavy atom. The average Bonchev–Trinajstić information content (AvgIpc) is 2.92. The number of carbonyl (C=O) groups is 1. The SMILES string of the molecule is CC(Oc1ccc(Cl)cc1Cl)C(=O)NCC1CCCN1.Cl. The minimum atomic E-state index is -0.602. The van der Waals surface area contributed by atoms with E-state index in [1.54, 1.807) is 25.1 Å². The van der Waals surface area contributed by atoms with Crippen molar-refractivity contribution in [1.82, 2.24) is 10.6 Å². The van der Waals surface area contributed by atoms with Crippen molar-refractivity contribution in [3.05, 3.63) is 28.2 Å². The van der Waals surface area contributed by atoms with Crippen LogP contribution in [0.15, 0.2) is 18.2 Å². The first-order valence-electron chi connectivity index (χ1n) is 6.69. The van der Waals surface area contributed by atoms with E-state index in [1.165, 1.54) is 0 Å². The second-order valence-corrected chi connectivity index (χ2v) is 5.72. The second kappa shape index (κ2) is 8.69. The van der Waals surface area contributed by atoms with Gasteiger partial charge in [-0.05, 0) is 44.5 Å². The lowest BCUT2D eigenvalue weighted by molar-refractivity contribution is -0.127. The van der Waals surface area contributed by atoms with E-state index in [9.17, 15) is 4.79 Å². The molecular weight excluding hydrogens is 335 g/mol. The molecule has 2 atom stereocenters. The molecule has 1 heterocycles. The molecule has 2 unspecified atom stereocenters. The Hall–Kier alpha value is -0.680. The molecule has 1 saturated heterocycles. The van der Waals surface area contributed by atoms with Gasteiger partial charge in [0.25, 0.3) is 5.91 Å². The maximum absolute atomic E-state index is 11.9. The van der Waals surface area contributed by atoms with Crippen LogP contribution in [-0.4, -0.2) is 31.1 Å². The van der Waals surface area contributed by atoms with Crippen LogP contribution in [0.2, 0.25) is 10.0 Å². The van der Waals surface area contributed by atoms with Gasteiger partial charge in [-0.25, -0.2) is 0 Å². The molecule has 21 heavy (non-hydrogen) atoms. The molecule has 1 fully saturated rings. The van der Waals surface area contributed by atoms with E-state index < -0.39 is 6.10 Å². The summed E-state index contributed by atoms with van der Waals surface area (Å²) in [5.41, 5.74) is 0. The molecule has 0 spiro atoms. The smallest absolute Gasteiger partial charge is 0.260 e. The topological polar surface area (TPSA) is 50.4 Å². The highest BCUT2D eigenvalue weighted by Crippen LogP contribution is 2.28. The molecule has 0 saturated carbocycles. The summed E-state index contributed by atoms with van der Waals surface area (Å²) in [5, 5.41) is 7.14. The molecule has 1 amide bonds. The first-order valence-corrected chi connectivity index (χ1v) is 7.44. The van der Waals surface area contributed by atoms with Gasteiger partial charge in [0, 0.05) is 17.6 Å². The van der Waals surface area contributed by atoms with Gasteiger partial charge in [0.15, 0.2) is 6.10 Å². The zero-order valence-electron chi connectivity index (χ0n) is 11.7. The number of hydrogen-bond acceptors (Lipinski definition) is 3. The number of carbonyl (C=O) groups excluding carboxylic acids is 1. The fraction of sp³-hybridized carbons (Fsp3) is 0.500. The molecule has 2 rings (SSSR count). The van der Waals surface area contributed by atoms with Crippen molar-refractivity contribution in [2.45, 2.75) is 31.9 Å². The van der Waals surface area contributed by atoms with Crippen LogP contribution in [0.3, 0.4) is 0 Å². The summed E-state index contributed by atoms with van der Waals surface area (Å²) in [6, 6.07) is 5.29. The highest BCUT2D eigenvalue weighted by atomic mass is 35.5. The van der Waals surface area contributed by atoms with E-state index in [0.717, 1.165) is 19.4 Å². The van der Waals surface area contributed by atoms with Crippen molar-refractivity contribution < 1.29 is 9.53 Å². The summed E-state index contributed by atoms with van der Waals surface area (Å²) in [7, 11) is 0. The first-order chi connectivity index (χ1) is 9.56. The molecule has 1 aliphatic rings. The number of benzene rings is 1. The van der Waals surface area contributed by atoms with Crippen LogP contribution in [0.4, 0.5) is 0 Å². The van der Waals surface area contributed by atoms with Gasteiger partial charge in [-0.2, -0.15) is 0 Å². The largest absolute Gasteiger partial charge is 0.479 e. The molecule has 4 nitrogen and oxygen atoms in total. The maximum atomic E-state index is 11.9. The first kappa shape index (κ1) is 18.4. The summed E-state index contributed by atoms with van der Waals surface area (Å²) in [6.45, 7) is 3.34. The van der Waals surface area contributed by atoms with Crippen LogP contribution in [0, 0.1) is 0 Å². The normalized spacial score (nSPS) is 18.7. The number of hydrogen-bond donors (Lipinski definition) is 2. The van der Waals surface area contributed by atoms with Crippen molar-refractivity contribution in [3.8, 4) is 5.75 Å². The van der Waals surface area contributed by atoms with Gasteiger partial charge in [-0.3, -0.25) is 4.79 Å². The van der Waals surface area contributed by atoms with Crippen LogP contribution in [0.25, 0.3) is 0 Å². The molecule has 1 aliphatic heterocycles. The second-order valence-electron chi connectivity index (χ2n) is 4.87. The van der Waals surface area contributed by atoms with E-state index in [1.807, 2.05) is 0 Å². The minimum absolute atomic E-state index is 0. The van der Waals surface area contributed by atoms with E-state index in [4.69, 9.17) is 27.9 Å². The quantitative estimate of drug-likeness (QED) is 0.855. The number of halogens is 3. The molecule has 0 radical (unpaired) electrons. The molecule has 1 aromatic carbocycles. The number of amides is 1. The van der Waals surface area contributed by atoms with E-state index >= 15 is 0 Å². The van der Waals surface area contributed by atoms with Gasteiger partial charge in [-0.15, -0.1) is 12.4 Å². The Kier molecular flexibility index (Phi) is 7.60. The number of ether oxygens (including phenoxy) is 1. The Balaban J connectivity index is 0.00000220. The monoisotopic (exact) mass is 352 g/mol. The summed E-state index contributed by atoms with van der Waals surface area (Å²) in [4.78, 5) is 11.9. The molecule has 0 aliphatic carbocycles. The Labute approximate surface area is 140 Å². The van der Waals surface area contributed by atoms with Crippen LogP contribution in [0.5, 0.6) is 5.75 Å². The molecule has 2 N–H and O–H groups in total. The summed E-state index contributed by atoms with van der Waals surface area (Å²) < 4.78 is 5.55. The predicted molar refractivity (Wildman–Crippen MR) is 87.8 cm³/mol. The van der Waals surface area contributed by atoms with Gasteiger partial charge in [0.05, 0.1) is 5.02 Å². The lowest BCUT2D eigenvalue weighted by Crippen LogP contribution is -2.42. The lowest BCUT2D eigenvalue weighted by Gasteiger charge is -2.17. The Bertz CT molecular complexity index is 479. The van der Waals surface area contributed by atoms with Crippen molar-refractivity contribution in [2.24, 2.45) is 0 Å². The van der Waals surface area contributed by atoms with Crippen LogP contribution >= 0.6 is 35.6 Å². The van der Waals surface area contributed by atoms with Crippen LogP contribution < -0.4 is 15.4 Å². The molecule has 1 aromatic rings. The van der Waals surface area contributed by atoms with Crippen molar-refractivity contribution in [1.29, 1.82) is 0 Å². The van der Waals surface area contributed by atoms with Crippen molar-refractivity contribution in [3.63, 3.8) is 0 Å². The molecular formula is C14H19Cl3N2O2. The number of rotatable bonds is 5. The standard InChI is InChI=1S/C14H18Cl2N2O2.ClH/c1-9(14(19)18-8-11-3-2-6-17-11)20-13-5-4-10(15)7-12(13)16;/h4-5,7,9,11,17H,2-3,6,8H2,1H3,(H,18,19);1H. The van der Waals surface area contributed by atoms with Gasteiger partial charge >= 0.3 is 0 Å². The minimum Gasteiger partial charge on any atom is -0.479 e. The van der Waals surface area contributed by atoms with E-state index in [-0.39, 0.29) is 18.3 Å². The summed E-state index contributed by atoms with van der Waals surface area (Å²) in [5.74, 6) is 0.308. The van der Waals surface area contributed by atoms with Crippen LogP contribution in [0.1, 0.15) is 19.8 Å². The third kappa shape index (κ3) is 5.55. The fourth-order valence-corrected chi connectivity index (χ4v) is 2.57. The molecule has 0 bridgehead atoms. The van der Waals surface area contributed by atoms with E-state index in [0.29, 0.717) is 28.4 Å².